The van der Waals surface area contributed by atoms with E-state index in [1.807, 2.05) is 0 Å². The summed E-state index contributed by atoms with van der Waals surface area (Å²) in [5, 5.41) is 0. The van der Waals surface area contributed by atoms with Crippen LogP contribution in [0.1, 0.15) is 19.4 Å². The van der Waals surface area contributed by atoms with E-state index in [1.165, 1.54) is 19.1 Å². The first-order valence-corrected chi connectivity index (χ1v) is 8.72. The Hall–Kier alpha value is -1.98. The summed E-state index contributed by atoms with van der Waals surface area (Å²) in [6.45, 7) is 2.92. The van der Waals surface area contributed by atoms with Gasteiger partial charge in [0.1, 0.15) is 0 Å². The zero-order valence-electron chi connectivity index (χ0n) is 12.6. The number of halogens is 1. The number of rotatable bonds is 5. The molecule has 0 saturated heterocycles. The topological polar surface area (TPSA) is 138 Å². The van der Waals surface area contributed by atoms with Gasteiger partial charge in [0.15, 0.2) is 5.54 Å². The molecular weight excluding hydrogens is 406 g/mol. The highest BCUT2D eigenvalue weighted by atomic mass is 79.9. The molecule has 11 heteroatoms. The fourth-order valence-corrected chi connectivity index (χ4v) is 3.29. The molecule has 0 amide bonds. The van der Waals surface area contributed by atoms with E-state index in [4.69, 9.17) is 4.74 Å². The average molecular weight is 420 g/mol. The van der Waals surface area contributed by atoms with Crippen molar-refractivity contribution in [1.29, 1.82) is 0 Å². The van der Waals surface area contributed by atoms with Gasteiger partial charge in [0, 0.05) is 10.0 Å². The lowest BCUT2D eigenvalue weighted by atomic mass is 9.92. The molecule has 2 rings (SSSR count). The fraction of sp³-hybridized carbons (Fsp3) is 0.308. The van der Waals surface area contributed by atoms with Crippen LogP contribution in [0.25, 0.3) is 11.0 Å². The summed E-state index contributed by atoms with van der Waals surface area (Å²) in [7, 11) is -3.16. The maximum absolute atomic E-state index is 12.4. The molecule has 130 valence electrons. The molecule has 0 bridgehead atoms. The number of aromatic amines is 2. The number of carbonyl (C=O) groups is 1. The largest absolute Gasteiger partial charge is 0.464 e. The molecule has 0 spiro atoms. The standard InChI is InChI=1S/C13H14BrN3O6S/c1-3-23-12(20)13(2,17-24(21)22)7-4-6(14)5-8-9(7)16-11(19)10(18)15-8/h4-5,24H,3H2,1-2H3,(H,15,18)(H,16,19)(H,17,21,22). The van der Waals surface area contributed by atoms with E-state index in [2.05, 4.69) is 30.6 Å². The van der Waals surface area contributed by atoms with Gasteiger partial charge in [0.25, 0.3) is 0 Å². The lowest BCUT2D eigenvalue weighted by Gasteiger charge is -2.27. The number of esters is 1. The lowest BCUT2D eigenvalue weighted by Crippen LogP contribution is -2.47. The monoisotopic (exact) mass is 419 g/mol. The molecule has 0 radical (unpaired) electrons. The second kappa shape index (κ2) is 6.87. The van der Waals surface area contributed by atoms with E-state index >= 15 is 0 Å². The van der Waals surface area contributed by atoms with E-state index in [-0.39, 0.29) is 23.2 Å². The predicted molar refractivity (Wildman–Crippen MR) is 90.3 cm³/mol. The summed E-state index contributed by atoms with van der Waals surface area (Å²) in [5.74, 6) is -0.851. The minimum absolute atomic E-state index is 0.0328. The SMILES string of the molecule is CCOC(=O)C(C)(N[SH](=O)=O)c1cc(Br)cc2[nH]c(=O)c(=O)[nH]c12. The summed E-state index contributed by atoms with van der Waals surface area (Å²) in [6, 6.07) is 2.97. The maximum Gasteiger partial charge on any atom is 0.331 e. The zero-order valence-corrected chi connectivity index (χ0v) is 15.1. The summed E-state index contributed by atoms with van der Waals surface area (Å²) in [5.41, 5.74) is -3.13. The van der Waals surface area contributed by atoms with Crippen LogP contribution in [0.3, 0.4) is 0 Å². The van der Waals surface area contributed by atoms with E-state index < -0.39 is 33.5 Å². The number of carbonyl (C=O) groups excluding carboxylic acids is 1. The molecule has 3 N–H and O–H groups in total. The number of ether oxygens (including phenoxy) is 1. The summed E-state index contributed by atoms with van der Waals surface area (Å²) < 4.78 is 30.0. The number of thiol groups is 1. The van der Waals surface area contributed by atoms with Crippen molar-refractivity contribution >= 4 is 43.8 Å². The quantitative estimate of drug-likeness (QED) is 0.302. The van der Waals surface area contributed by atoms with Crippen LogP contribution in [0.5, 0.6) is 0 Å². The Morgan fingerprint density at radius 1 is 1.29 bits per heavy atom. The number of nitrogens with one attached hydrogen (secondary N) is 3. The minimum atomic E-state index is -3.16. The van der Waals surface area contributed by atoms with Crippen molar-refractivity contribution in [1.82, 2.24) is 14.7 Å². The summed E-state index contributed by atoms with van der Waals surface area (Å²) in [4.78, 5) is 40.3. The van der Waals surface area contributed by atoms with Crippen LogP contribution >= 0.6 is 15.9 Å². The molecule has 1 aromatic carbocycles. The predicted octanol–water partition coefficient (Wildman–Crippen LogP) is -0.127. The number of fused-ring (bicyclic) bond motifs is 1. The van der Waals surface area contributed by atoms with Crippen molar-refractivity contribution in [3.63, 3.8) is 0 Å². The molecule has 1 heterocycles. The number of H-pyrrole nitrogens is 2. The lowest BCUT2D eigenvalue weighted by molar-refractivity contribution is -0.150. The van der Waals surface area contributed by atoms with Crippen molar-refractivity contribution < 1.29 is 17.9 Å². The number of hydrogen-bond donors (Lipinski definition) is 4. The van der Waals surface area contributed by atoms with Crippen molar-refractivity contribution in [3.05, 3.63) is 42.9 Å². The van der Waals surface area contributed by atoms with Crippen molar-refractivity contribution in [3.8, 4) is 0 Å². The molecule has 0 aliphatic carbocycles. The highest BCUT2D eigenvalue weighted by molar-refractivity contribution is 9.10. The van der Waals surface area contributed by atoms with Gasteiger partial charge in [-0.15, -0.1) is 0 Å². The first kappa shape index (κ1) is 18.4. The first-order chi connectivity index (χ1) is 11.2. The Morgan fingerprint density at radius 3 is 2.50 bits per heavy atom. The Bertz CT molecular complexity index is 987. The van der Waals surface area contributed by atoms with Gasteiger partial charge in [0.05, 0.1) is 17.6 Å². The van der Waals surface area contributed by atoms with Crippen LogP contribution in [0.2, 0.25) is 0 Å². The first-order valence-electron chi connectivity index (χ1n) is 6.74. The summed E-state index contributed by atoms with van der Waals surface area (Å²) >= 11 is 3.23. The van der Waals surface area contributed by atoms with Gasteiger partial charge in [-0.3, -0.25) is 9.59 Å². The molecule has 0 saturated carbocycles. The normalized spacial score (nSPS) is 13.8. The average Bonchev–Trinajstić information content (AvgIpc) is 2.47. The molecular formula is C13H14BrN3O6S. The second-order valence-corrected chi connectivity index (χ2v) is 6.65. The maximum atomic E-state index is 12.4. The molecule has 2 aromatic rings. The molecule has 1 unspecified atom stereocenters. The van der Waals surface area contributed by atoms with E-state index in [9.17, 15) is 22.8 Å². The Kier molecular flexibility index (Phi) is 5.26. The summed E-state index contributed by atoms with van der Waals surface area (Å²) in [6.07, 6.45) is 0. The number of hydrogen-bond acceptors (Lipinski definition) is 6. The van der Waals surface area contributed by atoms with Crippen molar-refractivity contribution in [2.24, 2.45) is 0 Å². The van der Waals surface area contributed by atoms with Crippen LogP contribution < -0.4 is 15.8 Å². The third-order valence-corrected chi connectivity index (χ3v) is 4.42. The fourth-order valence-electron chi connectivity index (χ4n) is 2.26. The van der Waals surface area contributed by atoms with Gasteiger partial charge in [-0.2, -0.15) is 4.72 Å². The molecule has 1 aromatic heterocycles. The van der Waals surface area contributed by atoms with E-state index in [1.54, 1.807) is 6.92 Å². The molecule has 0 aliphatic rings. The smallest absolute Gasteiger partial charge is 0.331 e. The van der Waals surface area contributed by atoms with Crippen LogP contribution in [-0.4, -0.2) is 31.0 Å². The van der Waals surface area contributed by atoms with Crippen LogP contribution in [0, 0.1) is 0 Å². The van der Waals surface area contributed by atoms with Gasteiger partial charge in [-0.1, -0.05) is 15.9 Å². The van der Waals surface area contributed by atoms with Crippen molar-refractivity contribution in [2.45, 2.75) is 19.4 Å². The van der Waals surface area contributed by atoms with E-state index in [0.29, 0.717) is 4.47 Å². The van der Waals surface area contributed by atoms with Crippen LogP contribution in [0.15, 0.2) is 26.2 Å². The van der Waals surface area contributed by atoms with Crippen LogP contribution in [0.4, 0.5) is 0 Å². The van der Waals surface area contributed by atoms with Crippen LogP contribution in [-0.2, 0) is 26.0 Å². The van der Waals surface area contributed by atoms with Crippen molar-refractivity contribution in [2.75, 3.05) is 6.61 Å². The van der Waals surface area contributed by atoms with Gasteiger partial charge in [-0.25, -0.2) is 13.2 Å². The molecule has 24 heavy (non-hydrogen) atoms. The Morgan fingerprint density at radius 2 is 1.92 bits per heavy atom. The third kappa shape index (κ3) is 3.42. The van der Waals surface area contributed by atoms with Gasteiger partial charge in [-0.05, 0) is 26.0 Å². The zero-order chi connectivity index (χ0) is 18.1. The highest BCUT2D eigenvalue weighted by Crippen LogP contribution is 2.30. The Balaban J connectivity index is 2.87. The Labute approximate surface area is 145 Å². The van der Waals surface area contributed by atoms with Gasteiger partial charge >= 0.3 is 17.1 Å². The molecule has 0 fully saturated rings. The number of aromatic nitrogens is 2. The highest BCUT2D eigenvalue weighted by Gasteiger charge is 2.39. The number of benzene rings is 1. The van der Waals surface area contributed by atoms with E-state index in [0.717, 1.165) is 0 Å². The second-order valence-electron chi connectivity index (χ2n) is 5.00. The minimum Gasteiger partial charge on any atom is -0.464 e. The van der Waals surface area contributed by atoms with Gasteiger partial charge < -0.3 is 14.7 Å². The molecule has 9 nitrogen and oxygen atoms in total. The molecule has 1 atom stereocenters. The molecule has 0 aliphatic heterocycles. The van der Waals surface area contributed by atoms with Gasteiger partial charge in [0.2, 0.25) is 10.9 Å². The third-order valence-electron chi connectivity index (χ3n) is 3.33.